The first-order valence-corrected chi connectivity index (χ1v) is 11.4. The first kappa shape index (κ1) is 23.5. The number of hydrogen-bond acceptors (Lipinski definition) is 3. The number of carbonyl (C=O) groups excluding carboxylic acids is 2. The Kier molecular flexibility index (Phi) is 8.06. The Balaban J connectivity index is 1.73. The van der Waals surface area contributed by atoms with Crippen molar-refractivity contribution in [2.24, 2.45) is 5.92 Å². The lowest BCUT2D eigenvalue weighted by molar-refractivity contribution is 0.0985. The maximum absolute atomic E-state index is 13.1. The molecule has 3 aromatic rings. The topological polar surface area (TPSA) is 58.6 Å². The number of carbonyl (C=O) groups is 2. The summed E-state index contributed by atoms with van der Waals surface area (Å²) in [5, 5.41) is 2.88. The van der Waals surface area contributed by atoms with Gasteiger partial charge in [-0.25, -0.2) is 0 Å². The molecule has 3 rings (SSSR count). The van der Waals surface area contributed by atoms with Gasteiger partial charge in [0.1, 0.15) is 5.75 Å². The van der Waals surface area contributed by atoms with Gasteiger partial charge in [-0.1, -0.05) is 38.1 Å². The molecule has 2 amide bonds. The number of ether oxygens (including phenoxy) is 1. The van der Waals surface area contributed by atoms with Crippen LogP contribution < -0.4 is 15.0 Å². The Morgan fingerprint density at radius 1 is 0.969 bits per heavy atom. The number of amides is 2. The zero-order valence-electron chi connectivity index (χ0n) is 18.5. The highest BCUT2D eigenvalue weighted by Crippen LogP contribution is 2.27. The first-order valence-electron chi connectivity index (χ1n) is 10.6. The van der Waals surface area contributed by atoms with Crippen molar-refractivity contribution in [1.82, 2.24) is 0 Å². The normalized spacial score (nSPS) is 10.7. The summed E-state index contributed by atoms with van der Waals surface area (Å²) in [6, 6.07) is 21.7. The van der Waals surface area contributed by atoms with Crippen LogP contribution in [0.15, 0.2) is 77.3 Å². The molecule has 5 nitrogen and oxygen atoms in total. The molecule has 0 saturated carbocycles. The van der Waals surface area contributed by atoms with E-state index in [-0.39, 0.29) is 11.8 Å². The summed E-state index contributed by atoms with van der Waals surface area (Å²) in [7, 11) is 0. The highest BCUT2D eigenvalue weighted by Gasteiger charge is 2.17. The summed E-state index contributed by atoms with van der Waals surface area (Å²) in [5.41, 5.74) is 2.39. The Morgan fingerprint density at radius 3 is 2.38 bits per heavy atom. The minimum absolute atomic E-state index is 0.121. The molecule has 0 aliphatic heterocycles. The predicted molar refractivity (Wildman–Crippen MR) is 133 cm³/mol. The van der Waals surface area contributed by atoms with Crippen molar-refractivity contribution in [3.8, 4) is 5.75 Å². The van der Waals surface area contributed by atoms with Gasteiger partial charge in [0.05, 0.1) is 11.1 Å². The predicted octanol–water partition coefficient (Wildman–Crippen LogP) is 6.40. The molecule has 0 aromatic heterocycles. The lowest BCUT2D eigenvalue weighted by atomic mass is 10.1. The fourth-order valence-electron chi connectivity index (χ4n) is 3.16. The van der Waals surface area contributed by atoms with Crippen molar-refractivity contribution in [3.05, 3.63) is 88.4 Å². The molecular weight excluding hydrogens is 468 g/mol. The second-order valence-electron chi connectivity index (χ2n) is 7.77. The third-order valence-corrected chi connectivity index (χ3v) is 5.38. The fourth-order valence-corrected chi connectivity index (χ4v) is 3.65. The smallest absolute Gasteiger partial charge is 0.258 e. The lowest BCUT2D eigenvalue weighted by Gasteiger charge is -2.21. The van der Waals surface area contributed by atoms with Crippen LogP contribution in [-0.4, -0.2) is 25.0 Å². The Hall–Kier alpha value is -3.12. The van der Waals surface area contributed by atoms with Crippen molar-refractivity contribution in [3.63, 3.8) is 0 Å². The van der Waals surface area contributed by atoms with Crippen LogP contribution in [-0.2, 0) is 0 Å². The van der Waals surface area contributed by atoms with Gasteiger partial charge in [-0.15, -0.1) is 0 Å². The van der Waals surface area contributed by atoms with Crippen LogP contribution in [0.2, 0.25) is 0 Å². The number of para-hydroxylation sites is 1. The maximum atomic E-state index is 13.1. The van der Waals surface area contributed by atoms with Crippen molar-refractivity contribution in [2.75, 3.05) is 23.4 Å². The monoisotopic (exact) mass is 494 g/mol. The molecule has 0 spiro atoms. The van der Waals surface area contributed by atoms with Crippen molar-refractivity contribution >= 4 is 39.1 Å². The van der Waals surface area contributed by atoms with Crippen LogP contribution in [0.1, 0.15) is 41.5 Å². The molecule has 0 aliphatic carbocycles. The molecule has 1 N–H and O–H groups in total. The summed E-state index contributed by atoms with van der Waals surface area (Å²) in [6.07, 6.45) is 0. The lowest BCUT2D eigenvalue weighted by Crippen LogP contribution is -2.30. The molecule has 0 saturated heterocycles. The number of nitrogens with one attached hydrogen (secondary N) is 1. The molecular formula is C26H27BrN2O3. The van der Waals surface area contributed by atoms with E-state index in [1.807, 2.05) is 37.3 Å². The molecule has 0 fully saturated rings. The summed E-state index contributed by atoms with van der Waals surface area (Å²) in [5.74, 6) is 0.721. The average molecular weight is 495 g/mol. The summed E-state index contributed by atoms with van der Waals surface area (Å²) in [6.45, 7) is 7.23. The fraction of sp³-hybridized carbons (Fsp3) is 0.231. The average Bonchev–Trinajstić information content (AvgIpc) is 2.79. The second-order valence-corrected chi connectivity index (χ2v) is 8.62. The Bertz CT molecular complexity index is 1080. The molecule has 0 bridgehead atoms. The molecule has 0 unspecified atom stereocenters. The quantitative estimate of drug-likeness (QED) is 0.393. The summed E-state index contributed by atoms with van der Waals surface area (Å²) in [4.78, 5) is 27.5. The highest BCUT2D eigenvalue weighted by molar-refractivity contribution is 9.10. The van der Waals surface area contributed by atoms with E-state index in [2.05, 4.69) is 35.1 Å². The number of anilines is 2. The van der Waals surface area contributed by atoms with Crippen LogP contribution >= 0.6 is 15.9 Å². The van der Waals surface area contributed by atoms with Gasteiger partial charge in [-0.05, 0) is 77.3 Å². The molecule has 0 atom stereocenters. The van der Waals surface area contributed by atoms with E-state index >= 15 is 0 Å². The van der Waals surface area contributed by atoms with E-state index in [1.54, 1.807) is 47.4 Å². The number of nitrogens with zero attached hydrogens (tertiary/aromatic N) is 1. The zero-order chi connectivity index (χ0) is 23.1. The molecule has 32 heavy (non-hydrogen) atoms. The van der Waals surface area contributed by atoms with Gasteiger partial charge in [0, 0.05) is 29.0 Å². The summed E-state index contributed by atoms with van der Waals surface area (Å²) >= 11 is 3.47. The molecule has 0 aliphatic rings. The van der Waals surface area contributed by atoms with E-state index in [9.17, 15) is 9.59 Å². The number of hydrogen-bond donors (Lipinski definition) is 1. The van der Waals surface area contributed by atoms with E-state index in [0.717, 1.165) is 10.2 Å². The van der Waals surface area contributed by atoms with Gasteiger partial charge in [0.25, 0.3) is 11.8 Å². The third-order valence-electron chi connectivity index (χ3n) is 4.76. The SMILES string of the molecule is CCN(C(=O)c1cccc(NC(=O)c2ccc(OCC(C)C)c(Br)c2)c1)c1ccccc1. The van der Waals surface area contributed by atoms with Gasteiger partial charge in [-0.3, -0.25) is 9.59 Å². The van der Waals surface area contributed by atoms with Crippen LogP contribution in [0, 0.1) is 5.92 Å². The minimum Gasteiger partial charge on any atom is -0.492 e. The van der Waals surface area contributed by atoms with E-state index < -0.39 is 0 Å². The van der Waals surface area contributed by atoms with E-state index in [1.165, 1.54) is 0 Å². The maximum Gasteiger partial charge on any atom is 0.258 e. The zero-order valence-corrected chi connectivity index (χ0v) is 20.1. The first-order chi connectivity index (χ1) is 15.4. The number of rotatable bonds is 8. The van der Waals surface area contributed by atoms with Crippen LogP contribution in [0.3, 0.4) is 0 Å². The standard InChI is InChI=1S/C26H27BrN2O3/c1-4-29(22-11-6-5-7-12-22)26(31)20-9-8-10-21(15-20)28-25(30)19-13-14-24(23(27)16-19)32-17-18(2)3/h5-16,18H,4,17H2,1-3H3,(H,28,30). The van der Waals surface area contributed by atoms with Gasteiger partial charge in [0.15, 0.2) is 0 Å². The van der Waals surface area contributed by atoms with Gasteiger partial charge < -0.3 is 15.0 Å². The number of halogens is 1. The van der Waals surface area contributed by atoms with Crippen molar-refractivity contribution in [2.45, 2.75) is 20.8 Å². The van der Waals surface area contributed by atoms with E-state index in [0.29, 0.717) is 41.6 Å². The van der Waals surface area contributed by atoms with Gasteiger partial charge in [0.2, 0.25) is 0 Å². The molecule has 0 radical (unpaired) electrons. The minimum atomic E-state index is -0.263. The summed E-state index contributed by atoms with van der Waals surface area (Å²) < 4.78 is 6.46. The molecule has 166 valence electrons. The second kappa shape index (κ2) is 11.0. The molecule has 6 heteroatoms. The van der Waals surface area contributed by atoms with Gasteiger partial charge >= 0.3 is 0 Å². The van der Waals surface area contributed by atoms with Crippen LogP contribution in [0.25, 0.3) is 0 Å². The largest absolute Gasteiger partial charge is 0.492 e. The number of benzene rings is 3. The van der Waals surface area contributed by atoms with Crippen molar-refractivity contribution in [1.29, 1.82) is 0 Å². The highest BCUT2D eigenvalue weighted by atomic mass is 79.9. The molecule has 3 aromatic carbocycles. The van der Waals surface area contributed by atoms with Crippen LogP contribution in [0.5, 0.6) is 5.75 Å². The third kappa shape index (κ3) is 5.98. The van der Waals surface area contributed by atoms with Crippen molar-refractivity contribution < 1.29 is 14.3 Å². The van der Waals surface area contributed by atoms with Gasteiger partial charge in [-0.2, -0.15) is 0 Å². The Labute approximate surface area is 197 Å². The molecule has 0 heterocycles. The Morgan fingerprint density at radius 2 is 1.72 bits per heavy atom. The van der Waals surface area contributed by atoms with E-state index in [4.69, 9.17) is 4.74 Å². The van der Waals surface area contributed by atoms with Crippen LogP contribution in [0.4, 0.5) is 11.4 Å².